The van der Waals surface area contributed by atoms with Crippen molar-refractivity contribution in [3.8, 4) is 0 Å². The lowest BCUT2D eigenvalue weighted by molar-refractivity contribution is -0.366. The Kier molecular flexibility index (Phi) is 12.6. The minimum atomic E-state index is -2.23. The van der Waals surface area contributed by atoms with Gasteiger partial charge in [0.05, 0.1) is 29.9 Å². The maximum atomic E-state index is 14.4. The van der Waals surface area contributed by atoms with Crippen LogP contribution < -0.4 is 0 Å². The molecule has 0 unspecified atom stereocenters. The van der Waals surface area contributed by atoms with E-state index in [0.717, 1.165) is 12.5 Å². The first kappa shape index (κ1) is 45.4. The summed E-state index contributed by atoms with van der Waals surface area (Å²) < 4.78 is 43.8. The lowest BCUT2D eigenvalue weighted by atomic mass is 9.44. The Bertz CT molecular complexity index is 2070. The zero-order valence-corrected chi connectivity index (χ0v) is 36.4. The highest BCUT2D eigenvalue weighted by atomic mass is 16.6. The molecule has 6 rings (SSSR count). The smallest absolute Gasteiger partial charge is 0.338 e. The largest absolute Gasteiger partial charge is 0.462 e. The van der Waals surface area contributed by atoms with Gasteiger partial charge in [0.15, 0.2) is 17.8 Å². The van der Waals surface area contributed by atoms with Gasteiger partial charge in [-0.05, 0) is 49.9 Å². The molecule has 0 aromatic heterocycles. The van der Waals surface area contributed by atoms with E-state index in [2.05, 4.69) is 0 Å². The van der Waals surface area contributed by atoms with Gasteiger partial charge < -0.3 is 43.2 Å². The second kappa shape index (κ2) is 17.0. The van der Waals surface area contributed by atoms with Crippen LogP contribution in [0.2, 0.25) is 0 Å². The van der Waals surface area contributed by atoms with Gasteiger partial charge in [-0.1, -0.05) is 69.3 Å². The molecule has 0 radical (unpaired) electrons. The van der Waals surface area contributed by atoms with E-state index in [1.807, 2.05) is 49.3 Å². The van der Waals surface area contributed by atoms with Gasteiger partial charge in [0, 0.05) is 52.0 Å². The highest BCUT2D eigenvalue weighted by molar-refractivity contribution is 5.89. The van der Waals surface area contributed by atoms with Gasteiger partial charge >= 0.3 is 35.8 Å². The van der Waals surface area contributed by atoms with Gasteiger partial charge in [0.25, 0.3) is 0 Å². The van der Waals surface area contributed by atoms with Crippen molar-refractivity contribution < 1.29 is 67.0 Å². The molecule has 1 N–H and O–H groups in total. The van der Waals surface area contributed by atoms with Crippen LogP contribution in [0, 0.1) is 16.7 Å². The van der Waals surface area contributed by atoms with Crippen molar-refractivity contribution >= 4 is 35.8 Å². The molecule has 330 valence electrons. The fourth-order valence-corrected chi connectivity index (χ4v) is 10.6. The van der Waals surface area contributed by atoms with E-state index in [1.165, 1.54) is 20.8 Å². The Hall–Kier alpha value is -5.12. The maximum Gasteiger partial charge on any atom is 0.338 e. The average Bonchev–Trinajstić information content (AvgIpc) is 3.17. The molecule has 11 atom stereocenters. The molecule has 61 heavy (non-hydrogen) atoms. The van der Waals surface area contributed by atoms with Crippen molar-refractivity contribution in [2.75, 3.05) is 20.7 Å². The predicted octanol–water partition coefficient (Wildman–Crippen LogP) is 4.83. The number of benzene rings is 2. The van der Waals surface area contributed by atoms with Gasteiger partial charge in [-0.3, -0.25) is 24.0 Å². The van der Waals surface area contributed by atoms with Crippen molar-refractivity contribution in [3.63, 3.8) is 0 Å². The van der Waals surface area contributed by atoms with Crippen molar-refractivity contribution in [2.45, 2.75) is 129 Å². The standard InChI is InChI=1S/C46H57NO14/c1-25-33(59-36(52)21-32(47(9)10)30-17-13-11-14-18-30)23-46(54)41(58-28(4)50)39-44(8,34(56-26(2)48)22-35-45(39,24-55-35)61-29(5)51)40(57-27(3)49)38(37(25)43(46,6)7)60-42(53)31-19-15-12-16-20-31/h11-20,32-35,38-41,54H,21-24H2,1-10H3/t32-,33-,34-,35-,38-,39-,40-,41+,44+,45+,46-/m1/s1. The normalized spacial score (nSPS) is 32.9. The molecular weight excluding hydrogens is 790 g/mol. The molecule has 3 aliphatic carbocycles. The van der Waals surface area contributed by atoms with Crippen LogP contribution >= 0.6 is 0 Å². The fourth-order valence-electron chi connectivity index (χ4n) is 10.6. The number of nitrogens with zero attached hydrogens (tertiary/aromatic N) is 1. The van der Waals surface area contributed by atoms with Gasteiger partial charge in [-0.25, -0.2) is 4.79 Å². The third-order valence-electron chi connectivity index (χ3n) is 13.4. The van der Waals surface area contributed by atoms with Crippen molar-refractivity contribution in [2.24, 2.45) is 16.7 Å². The number of ether oxygens (including phenoxy) is 7. The zero-order valence-electron chi connectivity index (χ0n) is 36.4. The Morgan fingerprint density at radius 3 is 1.89 bits per heavy atom. The molecule has 1 heterocycles. The van der Waals surface area contributed by atoms with Gasteiger partial charge in [0.2, 0.25) is 0 Å². The van der Waals surface area contributed by atoms with Crippen LogP contribution in [0.25, 0.3) is 0 Å². The summed E-state index contributed by atoms with van der Waals surface area (Å²) in [7, 11) is 3.68. The number of aliphatic hydroxyl groups is 1. The maximum absolute atomic E-state index is 14.4. The quantitative estimate of drug-likeness (QED) is 0.184. The molecular formula is C46H57NO14. The van der Waals surface area contributed by atoms with Crippen molar-refractivity contribution in [1.82, 2.24) is 4.90 Å². The number of rotatable bonds is 11. The van der Waals surface area contributed by atoms with Crippen LogP contribution in [-0.4, -0.2) is 114 Å². The van der Waals surface area contributed by atoms with Crippen LogP contribution in [0.15, 0.2) is 71.8 Å². The van der Waals surface area contributed by atoms with Gasteiger partial charge in [0.1, 0.15) is 30.0 Å². The highest BCUT2D eigenvalue weighted by Crippen LogP contribution is 2.66. The molecule has 15 nitrogen and oxygen atoms in total. The lowest BCUT2D eigenvalue weighted by Crippen LogP contribution is -2.82. The number of esters is 6. The SMILES string of the molecule is CC(=O)O[C@@H]1[C@H](OC(=O)c2ccccc2)C2=C(C)[C@H](OC(=O)C[C@H](c3ccccc3)N(C)C)C[C@@](O)([C@@H](OC(C)=O)[C@H]3[C@]4(OC(C)=O)CO[C@@H]4C[C@@H](OC(C)=O)[C@]13C)C2(C)C. The molecule has 1 saturated heterocycles. The Morgan fingerprint density at radius 2 is 1.36 bits per heavy atom. The summed E-state index contributed by atoms with van der Waals surface area (Å²) in [6, 6.07) is 17.1. The Morgan fingerprint density at radius 1 is 0.787 bits per heavy atom. The molecule has 2 aromatic rings. The summed E-state index contributed by atoms with van der Waals surface area (Å²) in [5.74, 6) is -5.92. The molecule has 2 saturated carbocycles. The number of carbonyl (C=O) groups is 6. The molecule has 3 fully saturated rings. The van der Waals surface area contributed by atoms with Crippen molar-refractivity contribution in [3.05, 3.63) is 82.9 Å². The van der Waals surface area contributed by atoms with E-state index >= 15 is 0 Å². The zero-order chi connectivity index (χ0) is 44.8. The van der Waals surface area contributed by atoms with E-state index in [4.69, 9.17) is 33.2 Å². The van der Waals surface area contributed by atoms with Crippen LogP contribution in [-0.2, 0) is 57.1 Å². The van der Waals surface area contributed by atoms with Gasteiger partial charge in [-0.15, -0.1) is 0 Å². The number of fused-ring (bicyclic) bond motifs is 5. The molecule has 1 aliphatic heterocycles. The van der Waals surface area contributed by atoms with Crippen LogP contribution in [0.4, 0.5) is 0 Å². The Labute approximate surface area is 356 Å². The number of hydrogen-bond acceptors (Lipinski definition) is 15. The third kappa shape index (κ3) is 8.07. The van der Waals surface area contributed by atoms with E-state index in [1.54, 1.807) is 58.0 Å². The summed E-state index contributed by atoms with van der Waals surface area (Å²) in [6.07, 6.45) is -8.74. The third-order valence-corrected chi connectivity index (χ3v) is 13.4. The first-order valence-corrected chi connectivity index (χ1v) is 20.5. The van der Waals surface area contributed by atoms with E-state index in [9.17, 15) is 33.9 Å². The van der Waals surface area contributed by atoms with E-state index < -0.39 is 106 Å². The summed E-state index contributed by atoms with van der Waals surface area (Å²) in [4.78, 5) is 83.6. The van der Waals surface area contributed by atoms with E-state index in [-0.39, 0.29) is 37.0 Å². The molecule has 0 spiro atoms. The first-order valence-electron chi connectivity index (χ1n) is 20.5. The molecule has 15 heteroatoms. The monoisotopic (exact) mass is 847 g/mol. The molecule has 0 amide bonds. The van der Waals surface area contributed by atoms with Gasteiger partial charge in [-0.2, -0.15) is 0 Å². The second-order valence-electron chi connectivity index (χ2n) is 17.7. The topological polar surface area (TPSA) is 190 Å². The summed E-state index contributed by atoms with van der Waals surface area (Å²) >= 11 is 0. The summed E-state index contributed by atoms with van der Waals surface area (Å²) in [5, 5.41) is 13.8. The predicted molar refractivity (Wildman–Crippen MR) is 216 cm³/mol. The Balaban J connectivity index is 1.65. The molecule has 4 aliphatic rings. The minimum absolute atomic E-state index is 0.0850. The van der Waals surface area contributed by atoms with Crippen LogP contribution in [0.5, 0.6) is 0 Å². The summed E-state index contributed by atoms with van der Waals surface area (Å²) in [6.45, 7) is 11.1. The average molecular weight is 848 g/mol. The highest BCUT2D eigenvalue weighted by Gasteiger charge is 2.79. The van der Waals surface area contributed by atoms with Crippen LogP contribution in [0.3, 0.4) is 0 Å². The summed E-state index contributed by atoms with van der Waals surface area (Å²) in [5.41, 5.74) is -5.61. The minimum Gasteiger partial charge on any atom is -0.462 e. The van der Waals surface area contributed by atoms with Crippen LogP contribution in [0.1, 0.15) is 96.6 Å². The number of carbonyl (C=O) groups excluding carboxylic acids is 6. The fraction of sp³-hybridized carbons (Fsp3) is 0.565. The molecule has 2 aromatic carbocycles. The molecule has 2 bridgehead atoms. The van der Waals surface area contributed by atoms with E-state index in [0.29, 0.717) is 5.57 Å². The first-order chi connectivity index (χ1) is 28.6. The lowest BCUT2D eigenvalue weighted by Gasteiger charge is -2.69. The number of hydrogen-bond donors (Lipinski definition) is 1. The van der Waals surface area contributed by atoms with Crippen molar-refractivity contribution in [1.29, 1.82) is 0 Å². The second-order valence-corrected chi connectivity index (χ2v) is 17.7.